The molecule has 6 aliphatic rings. The molecule has 3 aliphatic heterocycles. The molecule has 5 amide bonds. The largest absolute Gasteiger partial charge is 0.443 e. The number of halogens is 1. The molecule has 12 heterocycles. The number of nitrogens with zero attached hydrogens (tertiary/aromatic N) is 14. The summed E-state index contributed by atoms with van der Waals surface area (Å²) in [6, 6.07) is 14.9. The van der Waals surface area contributed by atoms with E-state index in [1.807, 2.05) is 6.07 Å². The smallest absolute Gasteiger partial charge is 0.415 e. The normalized spacial score (nSPS) is 21.3. The molecule has 0 radical (unpaired) electrons. The van der Waals surface area contributed by atoms with Crippen molar-refractivity contribution in [1.29, 1.82) is 0 Å². The van der Waals surface area contributed by atoms with Crippen molar-refractivity contribution in [3.8, 4) is 0 Å². The van der Waals surface area contributed by atoms with E-state index in [0.717, 1.165) is 58.2 Å². The Bertz CT molecular complexity index is 5220. The monoisotopic (exact) mass is 1640 g/mol. The number of nitrogens with two attached hydrogens (primary N) is 1. The molecule has 3 unspecified atom stereocenters. The topological polar surface area (TPSA) is 453 Å². The van der Waals surface area contributed by atoms with Gasteiger partial charge in [0.05, 0.1) is 80.5 Å². The van der Waals surface area contributed by atoms with Crippen LogP contribution in [0.5, 0.6) is 0 Å². The van der Waals surface area contributed by atoms with Crippen LogP contribution in [-0.4, -0.2) is 211 Å². The van der Waals surface area contributed by atoms with Gasteiger partial charge in [-0.3, -0.25) is 38.6 Å². The number of pyridine rings is 3. The maximum absolute atomic E-state index is 13.4. The van der Waals surface area contributed by atoms with Crippen molar-refractivity contribution in [3.63, 3.8) is 0 Å². The van der Waals surface area contributed by atoms with E-state index < -0.39 is 41.5 Å². The molecular weight excluding hydrogens is 1530 g/mol. The summed E-state index contributed by atoms with van der Waals surface area (Å²) in [5.74, 6) is 0.822. The van der Waals surface area contributed by atoms with Crippen molar-refractivity contribution in [2.45, 2.75) is 204 Å². The van der Waals surface area contributed by atoms with Gasteiger partial charge in [0.2, 0.25) is 0 Å². The Morgan fingerprint density at radius 2 is 0.880 bits per heavy atom. The number of aliphatic hydroxyl groups excluding tert-OH is 3. The van der Waals surface area contributed by atoms with Crippen molar-refractivity contribution in [3.05, 3.63) is 145 Å². The second-order valence-corrected chi connectivity index (χ2v) is 32.3. The first-order chi connectivity index (χ1) is 55.9. The Hall–Kier alpha value is -11.1. The van der Waals surface area contributed by atoms with Crippen LogP contribution < -0.4 is 64.1 Å². The van der Waals surface area contributed by atoms with Crippen LogP contribution >= 0.6 is 11.6 Å². The predicted molar refractivity (Wildman–Crippen MR) is 436 cm³/mol. The predicted octanol–water partition coefficient (Wildman–Crippen LogP) is 7.85. The van der Waals surface area contributed by atoms with Crippen LogP contribution in [0.1, 0.15) is 187 Å². The number of hydrogen-bond donors (Lipinski definition) is 10. The van der Waals surface area contributed by atoms with E-state index in [4.69, 9.17) is 41.0 Å². The third-order valence-corrected chi connectivity index (χ3v) is 20.8. The third-order valence-electron chi connectivity index (χ3n) is 20.6. The van der Waals surface area contributed by atoms with Crippen LogP contribution in [0.4, 0.5) is 55.7 Å². The molecule has 37 nitrogen and oxygen atoms in total. The molecule has 0 spiro atoms. The highest BCUT2D eigenvalue weighted by Gasteiger charge is 2.33. The zero-order valence-electron chi connectivity index (χ0n) is 67.1. The van der Waals surface area contributed by atoms with Gasteiger partial charge < -0.3 is 90.3 Å². The van der Waals surface area contributed by atoms with Crippen LogP contribution in [0.3, 0.4) is 0 Å². The zero-order chi connectivity index (χ0) is 83.6. The SMILES string of the molecule is CN(C(=O)OC(C)(C)C)c1cc(Cl)nc2c(C(=O)NC3CC[C@@H](O)C3)cnn12.CN(C(=O)OC(C)(C)C)c1cc(Nc2cccn([C@H]3CCCOC3)c2=O)nc2c(C(=O)NC3CC[C@@H](O)C3)cnn12.CNc1cc(Nc2cccn([C@H]3CCCOC3)c2=O)nc2c(C(=O)NC3CC[C@@H](O)C3)cnn12.Nc1cccn([C@H]2CCCOC2)c1=O. The van der Waals surface area contributed by atoms with Crippen LogP contribution in [0, 0.1) is 0 Å². The molecule has 15 rings (SSSR count). The summed E-state index contributed by atoms with van der Waals surface area (Å²) in [6.07, 6.45) is 18.3. The van der Waals surface area contributed by atoms with Crippen molar-refractivity contribution in [1.82, 2.24) is 73.4 Å². The Balaban J connectivity index is 0.000000151. The van der Waals surface area contributed by atoms with Gasteiger partial charge in [-0.2, -0.15) is 28.8 Å². The Kier molecular flexibility index (Phi) is 27.3. The number of carbonyl (C=O) groups excluding carboxylic acids is 5. The molecule has 9 aromatic heterocycles. The summed E-state index contributed by atoms with van der Waals surface area (Å²) < 4.78 is 36.7. The van der Waals surface area contributed by atoms with E-state index in [0.29, 0.717) is 118 Å². The molecular formula is C79H104ClN21O16. The molecule has 38 heteroatoms. The van der Waals surface area contributed by atoms with Gasteiger partial charge in [0.15, 0.2) is 16.9 Å². The number of fused-ring (bicyclic) bond motifs is 3. The molecule has 0 aromatic carbocycles. The minimum Gasteiger partial charge on any atom is -0.443 e. The fraction of sp³-hybridized carbons (Fsp3) is 0.519. The number of nitrogens with one attached hydrogen (secondary N) is 6. The van der Waals surface area contributed by atoms with E-state index in [-0.39, 0.29) is 116 Å². The van der Waals surface area contributed by atoms with Crippen molar-refractivity contribution >= 4 is 105 Å². The number of amides is 5. The van der Waals surface area contributed by atoms with Gasteiger partial charge in [-0.15, -0.1) is 0 Å². The van der Waals surface area contributed by atoms with E-state index in [9.17, 15) is 53.7 Å². The molecule has 9 aromatic rings. The summed E-state index contributed by atoms with van der Waals surface area (Å²) in [5, 5.41) is 60.3. The zero-order valence-corrected chi connectivity index (χ0v) is 67.8. The lowest BCUT2D eigenvalue weighted by Gasteiger charge is -2.25. The molecule has 3 saturated heterocycles. The number of aliphatic hydroxyl groups is 3. The molecule has 11 N–H and O–H groups in total. The number of aromatic nitrogens is 12. The number of ether oxygens (including phenoxy) is 5. The van der Waals surface area contributed by atoms with Crippen molar-refractivity contribution in [2.24, 2.45) is 0 Å². The van der Waals surface area contributed by atoms with Gasteiger partial charge in [-0.25, -0.2) is 24.5 Å². The summed E-state index contributed by atoms with van der Waals surface area (Å²) in [6.45, 7) is 14.4. The number of hydrogen-bond acceptors (Lipinski definition) is 26. The Morgan fingerprint density at radius 1 is 0.513 bits per heavy atom. The molecule has 3 aliphatic carbocycles. The fourth-order valence-corrected chi connectivity index (χ4v) is 14.9. The minimum absolute atomic E-state index is 0.00513. The van der Waals surface area contributed by atoms with Gasteiger partial charge in [0, 0.05) is 95.9 Å². The number of rotatable bonds is 16. The Morgan fingerprint density at radius 3 is 1.26 bits per heavy atom. The molecule has 6 fully saturated rings. The second kappa shape index (κ2) is 37.5. The van der Waals surface area contributed by atoms with Crippen LogP contribution in [0.2, 0.25) is 5.15 Å². The first-order valence-electron chi connectivity index (χ1n) is 39.4. The molecule has 3 saturated carbocycles. The highest BCUT2D eigenvalue weighted by molar-refractivity contribution is 6.30. The van der Waals surface area contributed by atoms with E-state index in [2.05, 4.69) is 62.1 Å². The van der Waals surface area contributed by atoms with Crippen molar-refractivity contribution < 1.29 is 63.0 Å². The summed E-state index contributed by atoms with van der Waals surface area (Å²) in [7, 11) is 4.81. The van der Waals surface area contributed by atoms with Crippen molar-refractivity contribution in [2.75, 3.05) is 92.3 Å². The lowest BCUT2D eigenvalue weighted by molar-refractivity contribution is 0.0577. The average molecular weight is 1640 g/mol. The van der Waals surface area contributed by atoms with Gasteiger partial charge in [-0.05, 0) is 174 Å². The minimum atomic E-state index is -0.739. The second-order valence-electron chi connectivity index (χ2n) is 31.9. The summed E-state index contributed by atoms with van der Waals surface area (Å²) >= 11 is 6.13. The van der Waals surface area contributed by atoms with Gasteiger partial charge >= 0.3 is 12.2 Å². The van der Waals surface area contributed by atoms with Crippen LogP contribution in [0.25, 0.3) is 16.9 Å². The first kappa shape index (κ1) is 85.3. The highest BCUT2D eigenvalue weighted by Crippen LogP contribution is 2.31. The maximum Gasteiger partial charge on any atom is 0.415 e. The standard InChI is InChI=1S/C28H37N7O6.C23H29N7O4.C18H24ClN5O4.C10H14N2O2/c1-28(2,3)41-27(39)33(4)23-14-22(31-21-8-5-11-34(26(21)38)18-7-6-12-40-16-18)32-24-20(15-29-35(23)24)25(37)30-17-9-10-19(36)13-17;1-24-20-11-19(27-18-5-2-8-29(23(18)33)15-4-3-9-34-13-15)28-21-17(12-25-30(20)21)22(32)26-14-6-7-16(31)10-14;1-18(2,3)28-17(27)23(4)14-8-13(19)22-15-12(9-20-24(14)15)16(26)21-10-5-6-11(25)7-10;11-9-4-1-5-12(10(9)13)8-3-2-6-14-7-8/h5,8,11,14-15,17-19,36H,6-7,9-10,12-13,16H2,1-4H3,(H,30,37)(H,31,32);2,5,8,11-12,14-16,24,31H,3-4,6-7,9-10,13H2,1H3,(H,26,32)(H,27,28);8-11,25H,5-7H2,1-4H3,(H,21,26);1,4-5,8H,2-3,6-7,11H2/t17?,18-,19+;14?,15-,16+;10?,11-;8-/m0010/s1. The van der Waals surface area contributed by atoms with E-state index in [1.54, 1.807) is 128 Å². The summed E-state index contributed by atoms with van der Waals surface area (Å²) in [5.41, 5.74) is 6.16. The Labute approximate surface area is 678 Å². The highest BCUT2D eigenvalue weighted by atomic mass is 35.5. The number of carbonyl (C=O) groups is 5. The molecule has 9 atom stereocenters. The van der Waals surface area contributed by atoms with Gasteiger partial charge in [0.25, 0.3) is 34.4 Å². The third kappa shape index (κ3) is 21.2. The molecule has 117 heavy (non-hydrogen) atoms. The molecule has 0 bridgehead atoms. The van der Waals surface area contributed by atoms with E-state index in [1.165, 1.54) is 57.6 Å². The fourth-order valence-electron chi connectivity index (χ4n) is 14.7. The maximum atomic E-state index is 13.4. The van der Waals surface area contributed by atoms with Crippen LogP contribution in [0.15, 0.2) is 106 Å². The van der Waals surface area contributed by atoms with Gasteiger partial charge in [0.1, 0.15) is 73.5 Å². The summed E-state index contributed by atoms with van der Waals surface area (Å²) in [4.78, 5) is 118. The average Bonchev–Trinajstić information content (AvgIpc) is 1.66. The lowest BCUT2D eigenvalue weighted by atomic mass is 10.1. The molecule has 628 valence electrons. The number of nitrogen functional groups attached to an aromatic ring is 1. The lowest BCUT2D eigenvalue weighted by Crippen LogP contribution is -2.35. The van der Waals surface area contributed by atoms with E-state index >= 15 is 0 Å². The van der Waals surface area contributed by atoms with Gasteiger partial charge in [-0.1, -0.05) is 11.6 Å². The first-order valence-corrected chi connectivity index (χ1v) is 39.8. The van der Waals surface area contributed by atoms with Crippen LogP contribution in [-0.2, 0) is 23.7 Å². The quantitative estimate of drug-likeness (QED) is 0.0411. The number of anilines is 8.